The third kappa shape index (κ3) is 4.42. The van der Waals surface area contributed by atoms with Crippen LogP contribution in [0.15, 0.2) is 30.3 Å². The fourth-order valence-corrected chi connectivity index (χ4v) is 5.38. The molecule has 8 nitrogen and oxygen atoms in total. The summed E-state index contributed by atoms with van der Waals surface area (Å²) in [5, 5.41) is 14.3. The molecule has 1 aromatic heterocycles. The molecule has 2 atom stereocenters. The van der Waals surface area contributed by atoms with Gasteiger partial charge >= 0.3 is 0 Å². The van der Waals surface area contributed by atoms with Crippen LogP contribution in [-0.2, 0) is 6.42 Å². The van der Waals surface area contributed by atoms with Gasteiger partial charge in [-0.15, -0.1) is 5.10 Å². The third-order valence-corrected chi connectivity index (χ3v) is 7.29. The number of ether oxygens (including phenoxy) is 3. The van der Waals surface area contributed by atoms with Crippen LogP contribution in [-0.4, -0.2) is 52.6 Å². The lowest BCUT2D eigenvalue weighted by Crippen LogP contribution is -2.36. The van der Waals surface area contributed by atoms with E-state index in [2.05, 4.69) is 60.4 Å². The molecule has 3 heterocycles. The van der Waals surface area contributed by atoms with Crippen molar-refractivity contribution >= 4 is 29.3 Å². The maximum Gasteiger partial charge on any atom is 0.231 e. The minimum absolute atomic E-state index is 0.159. The summed E-state index contributed by atoms with van der Waals surface area (Å²) in [6, 6.07) is 7.13. The van der Waals surface area contributed by atoms with Crippen LogP contribution in [0.2, 0.25) is 10.0 Å². The standard InChI is InChI=1S/C26H29Cl2N5O3/c1-26(2,3)20(9-7-15-6-8-17(27)13-18(15)28)33-25(29-30-31-33)22-21-16(10-11-32(22)4)12-19-23(24(21)34-5)36-14-35-19/h6-9,12-13,20,22H,10-11,14H2,1-5H3/b9-7+/t20-,22-/m0/s1. The summed E-state index contributed by atoms with van der Waals surface area (Å²) in [6.45, 7) is 7.50. The topological polar surface area (TPSA) is 74.5 Å². The highest BCUT2D eigenvalue weighted by atomic mass is 35.5. The number of tetrazole rings is 1. The molecule has 0 amide bonds. The van der Waals surface area contributed by atoms with Crippen LogP contribution in [0.1, 0.15) is 55.4 Å². The molecule has 0 spiro atoms. The van der Waals surface area contributed by atoms with Crippen molar-refractivity contribution in [3.05, 3.63) is 62.9 Å². The molecule has 3 aromatic rings. The minimum Gasteiger partial charge on any atom is -0.492 e. The molecule has 190 valence electrons. The van der Waals surface area contributed by atoms with Crippen LogP contribution in [0, 0.1) is 5.41 Å². The second-order valence-corrected chi connectivity index (χ2v) is 11.0. The normalized spacial score (nSPS) is 18.5. The van der Waals surface area contributed by atoms with Crippen molar-refractivity contribution in [3.8, 4) is 17.2 Å². The highest BCUT2D eigenvalue weighted by Gasteiger charge is 2.39. The Labute approximate surface area is 220 Å². The molecule has 5 rings (SSSR count). The van der Waals surface area contributed by atoms with Crippen molar-refractivity contribution in [2.75, 3.05) is 27.5 Å². The van der Waals surface area contributed by atoms with Crippen LogP contribution in [0.4, 0.5) is 0 Å². The number of fused-ring (bicyclic) bond motifs is 2. The lowest BCUT2D eigenvalue weighted by atomic mass is 9.85. The van der Waals surface area contributed by atoms with E-state index in [4.69, 9.17) is 37.4 Å². The van der Waals surface area contributed by atoms with Crippen molar-refractivity contribution in [3.63, 3.8) is 0 Å². The molecule has 2 aliphatic rings. The zero-order valence-corrected chi connectivity index (χ0v) is 22.5. The molecule has 10 heteroatoms. The number of hydrogen-bond donors (Lipinski definition) is 0. The number of halogens is 2. The van der Waals surface area contributed by atoms with Crippen molar-refractivity contribution in [2.24, 2.45) is 5.41 Å². The molecule has 0 fully saturated rings. The molecule has 0 unspecified atom stereocenters. The maximum atomic E-state index is 6.43. The Morgan fingerprint density at radius 2 is 2.00 bits per heavy atom. The average molecular weight is 530 g/mol. The first-order valence-corrected chi connectivity index (χ1v) is 12.5. The largest absolute Gasteiger partial charge is 0.492 e. The number of nitrogens with zero attached hydrogens (tertiary/aromatic N) is 5. The second kappa shape index (κ2) is 9.57. The van der Waals surface area contributed by atoms with E-state index >= 15 is 0 Å². The van der Waals surface area contributed by atoms with E-state index in [-0.39, 0.29) is 24.3 Å². The van der Waals surface area contributed by atoms with Crippen LogP contribution >= 0.6 is 23.2 Å². The number of aromatic nitrogens is 4. The first-order chi connectivity index (χ1) is 17.2. The van der Waals surface area contributed by atoms with Gasteiger partial charge in [0.15, 0.2) is 17.3 Å². The molecule has 0 bridgehead atoms. The predicted octanol–water partition coefficient (Wildman–Crippen LogP) is 5.60. The number of likely N-dealkylation sites (N-methyl/N-ethyl adjacent to an activating group) is 1. The lowest BCUT2D eigenvalue weighted by molar-refractivity contribution is 0.170. The van der Waals surface area contributed by atoms with Crippen molar-refractivity contribution in [1.29, 1.82) is 0 Å². The fraction of sp³-hybridized carbons (Fsp3) is 0.423. The Kier molecular flexibility index (Phi) is 6.61. The van der Waals surface area contributed by atoms with Crippen LogP contribution < -0.4 is 14.2 Å². The molecular weight excluding hydrogens is 501 g/mol. The number of benzene rings is 2. The van der Waals surface area contributed by atoms with Gasteiger partial charge in [0.05, 0.1) is 13.2 Å². The Morgan fingerprint density at radius 1 is 1.19 bits per heavy atom. The van der Waals surface area contributed by atoms with Gasteiger partial charge in [-0.2, -0.15) is 0 Å². The van der Waals surface area contributed by atoms with Gasteiger partial charge in [-0.3, -0.25) is 4.90 Å². The predicted molar refractivity (Wildman–Crippen MR) is 139 cm³/mol. The van der Waals surface area contributed by atoms with Gasteiger partial charge in [-0.05, 0) is 58.6 Å². The van der Waals surface area contributed by atoms with Gasteiger partial charge in [0, 0.05) is 22.2 Å². The molecule has 36 heavy (non-hydrogen) atoms. The summed E-state index contributed by atoms with van der Waals surface area (Å²) in [7, 11) is 3.73. The molecule has 0 N–H and O–H groups in total. The molecule has 0 saturated heterocycles. The summed E-state index contributed by atoms with van der Waals surface area (Å²) in [5.41, 5.74) is 2.82. The first-order valence-electron chi connectivity index (χ1n) is 11.8. The zero-order chi connectivity index (χ0) is 25.6. The summed E-state index contributed by atoms with van der Waals surface area (Å²) < 4.78 is 19.2. The highest BCUT2D eigenvalue weighted by molar-refractivity contribution is 6.35. The van der Waals surface area contributed by atoms with E-state index in [1.54, 1.807) is 13.2 Å². The zero-order valence-electron chi connectivity index (χ0n) is 21.0. The summed E-state index contributed by atoms with van der Waals surface area (Å²) in [5.74, 6) is 2.73. The van der Waals surface area contributed by atoms with Gasteiger partial charge in [0.2, 0.25) is 12.5 Å². The van der Waals surface area contributed by atoms with E-state index in [0.717, 1.165) is 35.5 Å². The Hall–Kier alpha value is -2.81. The molecule has 0 aliphatic carbocycles. The van der Waals surface area contributed by atoms with E-state index in [1.165, 1.54) is 0 Å². The van der Waals surface area contributed by atoms with Crippen molar-refractivity contribution in [2.45, 2.75) is 39.3 Å². The molecular formula is C26H29Cl2N5O3. The van der Waals surface area contributed by atoms with E-state index in [0.29, 0.717) is 27.3 Å². The Morgan fingerprint density at radius 3 is 2.72 bits per heavy atom. The van der Waals surface area contributed by atoms with E-state index in [1.807, 2.05) is 22.9 Å². The molecule has 0 saturated carbocycles. The SMILES string of the molecule is COc1c2c(cc3c1[C@@H](c1nnnn1[C@@H](/C=C/c1ccc(Cl)cc1Cl)C(C)(C)C)N(C)CC3)OCO2. The first kappa shape index (κ1) is 24.9. The van der Waals surface area contributed by atoms with Gasteiger partial charge in [-0.1, -0.05) is 62.2 Å². The summed E-state index contributed by atoms with van der Waals surface area (Å²) in [6.07, 6.45) is 4.95. The Balaban J connectivity index is 1.61. The fourth-order valence-electron chi connectivity index (χ4n) is 4.91. The van der Waals surface area contributed by atoms with Crippen LogP contribution in [0.25, 0.3) is 6.08 Å². The quantitative estimate of drug-likeness (QED) is 0.426. The molecule has 2 aromatic carbocycles. The maximum absolute atomic E-state index is 6.43. The second-order valence-electron chi connectivity index (χ2n) is 10.2. The third-order valence-electron chi connectivity index (χ3n) is 6.73. The van der Waals surface area contributed by atoms with Crippen molar-refractivity contribution < 1.29 is 14.2 Å². The van der Waals surface area contributed by atoms with E-state index < -0.39 is 0 Å². The minimum atomic E-state index is -0.231. The number of methoxy groups -OCH3 is 1. The van der Waals surface area contributed by atoms with Gasteiger partial charge < -0.3 is 14.2 Å². The van der Waals surface area contributed by atoms with Gasteiger partial charge in [-0.25, -0.2) is 4.68 Å². The highest BCUT2D eigenvalue weighted by Crippen LogP contribution is 2.51. The van der Waals surface area contributed by atoms with E-state index in [9.17, 15) is 0 Å². The molecule has 2 aliphatic heterocycles. The van der Waals surface area contributed by atoms with Gasteiger partial charge in [0.1, 0.15) is 6.04 Å². The van der Waals surface area contributed by atoms with Crippen molar-refractivity contribution in [1.82, 2.24) is 25.1 Å². The van der Waals surface area contributed by atoms with Gasteiger partial charge in [0.25, 0.3) is 0 Å². The summed E-state index contributed by atoms with van der Waals surface area (Å²) >= 11 is 12.5. The van der Waals surface area contributed by atoms with Crippen LogP contribution in [0.5, 0.6) is 17.2 Å². The monoisotopic (exact) mass is 529 g/mol. The lowest BCUT2D eigenvalue weighted by Gasteiger charge is -2.36. The number of rotatable bonds is 5. The number of allylic oxidation sites excluding steroid dienone is 1. The summed E-state index contributed by atoms with van der Waals surface area (Å²) in [4.78, 5) is 2.24. The Bertz CT molecular complexity index is 1320. The smallest absolute Gasteiger partial charge is 0.231 e. The van der Waals surface area contributed by atoms with Crippen LogP contribution in [0.3, 0.4) is 0 Å². The molecule has 0 radical (unpaired) electrons. The average Bonchev–Trinajstić information content (AvgIpc) is 3.48. The number of hydrogen-bond acceptors (Lipinski definition) is 7.